The van der Waals surface area contributed by atoms with Crippen molar-refractivity contribution in [1.29, 1.82) is 0 Å². The zero-order chi connectivity index (χ0) is 11.9. The largest absolute Gasteiger partial charge is 0.372 e. The third-order valence-corrected chi connectivity index (χ3v) is 4.01. The highest BCUT2D eigenvalue weighted by Crippen LogP contribution is 2.37. The van der Waals surface area contributed by atoms with Crippen LogP contribution in [0.25, 0.3) is 0 Å². The number of hydrogen-bond acceptors (Lipinski definition) is 2. The van der Waals surface area contributed by atoms with Gasteiger partial charge in [0.2, 0.25) is 0 Å². The molecule has 0 amide bonds. The molecule has 2 heteroatoms. The first-order chi connectivity index (χ1) is 8.16. The van der Waals surface area contributed by atoms with Crippen LogP contribution < -0.4 is 5.32 Å². The average Bonchev–Trinajstić information content (AvgIpc) is 2.69. The summed E-state index contributed by atoms with van der Waals surface area (Å²) in [6.45, 7) is 6.61. The van der Waals surface area contributed by atoms with Crippen molar-refractivity contribution in [1.82, 2.24) is 5.32 Å². The predicted octanol–water partition coefficient (Wildman–Crippen LogP) is 2.69. The second-order valence-corrected chi connectivity index (χ2v) is 6.10. The van der Waals surface area contributed by atoms with Gasteiger partial charge in [0.05, 0.1) is 12.7 Å². The number of hydrogen-bond donors (Lipinski definition) is 1. The first-order valence-electron chi connectivity index (χ1n) is 6.58. The lowest BCUT2D eigenvalue weighted by Crippen LogP contribution is -2.33. The molecule has 2 heterocycles. The van der Waals surface area contributed by atoms with Crippen LogP contribution >= 0.6 is 0 Å². The van der Waals surface area contributed by atoms with Crippen LogP contribution in [-0.2, 0) is 11.2 Å². The molecule has 2 aliphatic heterocycles. The molecular weight excluding hydrogens is 210 g/mol. The number of ether oxygens (including phenoxy) is 1. The Labute approximate surface area is 103 Å². The Balaban J connectivity index is 1.86. The van der Waals surface area contributed by atoms with Gasteiger partial charge in [-0.1, -0.05) is 38.1 Å². The monoisotopic (exact) mass is 231 g/mol. The molecule has 1 aromatic carbocycles. The summed E-state index contributed by atoms with van der Waals surface area (Å²) < 4.78 is 6.02. The molecule has 2 aliphatic rings. The van der Waals surface area contributed by atoms with E-state index < -0.39 is 0 Å². The van der Waals surface area contributed by atoms with Gasteiger partial charge in [-0.25, -0.2) is 0 Å². The molecule has 0 aliphatic carbocycles. The Morgan fingerprint density at radius 1 is 1.29 bits per heavy atom. The van der Waals surface area contributed by atoms with Crippen LogP contribution in [0.5, 0.6) is 0 Å². The van der Waals surface area contributed by atoms with Gasteiger partial charge >= 0.3 is 0 Å². The molecule has 92 valence electrons. The lowest BCUT2D eigenvalue weighted by molar-refractivity contribution is 0.0181. The minimum Gasteiger partial charge on any atom is -0.372 e. The van der Waals surface area contributed by atoms with Crippen LogP contribution in [0.1, 0.15) is 37.5 Å². The fourth-order valence-corrected chi connectivity index (χ4v) is 3.12. The standard InChI is InChI=1S/C15H21NO/c1-15(2)9-13(16-10-15)14-12-6-4-3-5-11(12)7-8-17-14/h3-6,13-14,16H,7-10H2,1-2H3/t13?,14-/m0/s1. The first-order valence-corrected chi connectivity index (χ1v) is 6.58. The van der Waals surface area contributed by atoms with Gasteiger partial charge in [0.25, 0.3) is 0 Å². The predicted molar refractivity (Wildman–Crippen MR) is 69.0 cm³/mol. The molecule has 0 radical (unpaired) electrons. The van der Waals surface area contributed by atoms with Gasteiger partial charge in [-0.15, -0.1) is 0 Å². The van der Waals surface area contributed by atoms with Crippen molar-refractivity contribution in [3.8, 4) is 0 Å². The van der Waals surface area contributed by atoms with Crippen LogP contribution in [-0.4, -0.2) is 19.2 Å². The van der Waals surface area contributed by atoms with E-state index in [2.05, 4.69) is 43.4 Å². The number of nitrogens with one attached hydrogen (secondary N) is 1. The Morgan fingerprint density at radius 2 is 2.12 bits per heavy atom. The molecule has 1 fully saturated rings. The zero-order valence-corrected chi connectivity index (χ0v) is 10.7. The third-order valence-electron chi connectivity index (χ3n) is 4.01. The van der Waals surface area contributed by atoms with Crippen molar-refractivity contribution >= 4 is 0 Å². The molecule has 0 spiro atoms. The van der Waals surface area contributed by atoms with E-state index in [1.54, 1.807) is 0 Å². The molecule has 17 heavy (non-hydrogen) atoms. The number of benzene rings is 1. The van der Waals surface area contributed by atoms with Crippen LogP contribution in [0, 0.1) is 5.41 Å². The maximum Gasteiger partial charge on any atom is 0.0980 e. The number of fused-ring (bicyclic) bond motifs is 1. The van der Waals surface area contributed by atoms with Crippen molar-refractivity contribution in [2.75, 3.05) is 13.2 Å². The van der Waals surface area contributed by atoms with Gasteiger partial charge in [-0.3, -0.25) is 0 Å². The van der Waals surface area contributed by atoms with E-state index in [1.807, 2.05) is 0 Å². The Bertz CT molecular complexity index is 413. The highest BCUT2D eigenvalue weighted by molar-refractivity contribution is 5.32. The molecule has 1 saturated heterocycles. The summed E-state index contributed by atoms with van der Waals surface area (Å²) in [5, 5.41) is 3.63. The van der Waals surface area contributed by atoms with Gasteiger partial charge in [0.15, 0.2) is 0 Å². The SMILES string of the molecule is CC1(C)CNC([C@H]2OCCc3ccccc32)C1. The Hall–Kier alpha value is -0.860. The molecule has 0 bridgehead atoms. The molecule has 0 aromatic heterocycles. The van der Waals surface area contributed by atoms with E-state index in [0.717, 1.165) is 19.6 Å². The zero-order valence-electron chi connectivity index (χ0n) is 10.7. The van der Waals surface area contributed by atoms with Gasteiger partial charge in [0.1, 0.15) is 0 Å². The fourth-order valence-electron chi connectivity index (χ4n) is 3.12. The van der Waals surface area contributed by atoms with Crippen molar-refractivity contribution < 1.29 is 4.74 Å². The van der Waals surface area contributed by atoms with Gasteiger partial charge in [-0.2, -0.15) is 0 Å². The van der Waals surface area contributed by atoms with E-state index in [1.165, 1.54) is 17.5 Å². The Kier molecular flexibility index (Phi) is 2.72. The minimum atomic E-state index is 0.252. The highest BCUT2D eigenvalue weighted by Gasteiger charge is 2.37. The lowest BCUT2D eigenvalue weighted by atomic mass is 9.86. The fraction of sp³-hybridized carbons (Fsp3) is 0.600. The van der Waals surface area contributed by atoms with E-state index in [-0.39, 0.29) is 6.10 Å². The highest BCUT2D eigenvalue weighted by atomic mass is 16.5. The number of rotatable bonds is 1. The van der Waals surface area contributed by atoms with Crippen molar-refractivity contribution in [3.63, 3.8) is 0 Å². The first kappa shape index (κ1) is 11.2. The minimum absolute atomic E-state index is 0.252. The van der Waals surface area contributed by atoms with Gasteiger partial charge < -0.3 is 10.1 Å². The summed E-state index contributed by atoms with van der Waals surface area (Å²) >= 11 is 0. The van der Waals surface area contributed by atoms with Crippen LogP contribution in [0.4, 0.5) is 0 Å². The van der Waals surface area contributed by atoms with E-state index in [0.29, 0.717) is 11.5 Å². The molecular formula is C15H21NO. The summed E-state index contributed by atoms with van der Waals surface area (Å²) in [5.41, 5.74) is 3.27. The van der Waals surface area contributed by atoms with Gasteiger partial charge in [0, 0.05) is 12.6 Å². The second-order valence-electron chi connectivity index (χ2n) is 6.10. The van der Waals surface area contributed by atoms with E-state index in [4.69, 9.17) is 4.74 Å². The molecule has 1 aromatic rings. The summed E-state index contributed by atoms with van der Waals surface area (Å²) in [4.78, 5) is 0. The molecule has 0 saturated carbocycles. The maximum atomic E-state index is 6.02. The summed E-state index contributed by atoms with van der Waals surface area (Å²) in [5.74, 6) is 0. The van der Waals surface area contributed by atoms with Crippen LogP contribution in [0.3, 0.4) is 0 Å². The lowest BCUT2D eigenvalue weighted by Gasteiger charge is -2.31. The van der Waals surface area contributed by atoms with Crippen molar-refractivity contribution in [3.05, 3.63) is 35.4 Å². The molecule has 1 unspecified atom stereocenters. The topological polar surface area (TPSA) is 21.3 Å². The Morgan fingerprint density at radius 3 is 2.88 bits per heavy atom. The summed E-state index contributed by atoms with van der Waals surface area (Å²) in [6, 6.07) is 9.21. The van der Waals surface area contributed by atoms with Gasteiger partial charge in [-0.05, 0) is 29.4 Å². The molecule has 3 rings (SSSR count). The van der Waals surface area contributed by atoms with E-state index >= 15 is 0 Å². The average molecular weight is 231 g/mol. The second kappa shape index (κ2) is 4.11. The van der Waals surface area contributed by atoms with Crippen molar-refractivity contribution in [2.24, 2.45) is 5.41 Å². The summed E-state index contributed by atoms with van der Waals surface area (Å²) in [7, 11) is 0. The summed E-state index contributed by atoms with van der Waals surface area (Å²) in [6.07, 6.45) is 2.51. The molecule has 1 N–H and O–H groups in total. The molecule has 2 nitrogen and oxygen atoms in total. The normalized spacial score (nSPS) is 31.2. The molecule has 2 atom stereocenters. The van der Waals surface area contributed by atoms with Crippen molar-refractivity contribution in [2.45, 2.75) is 38.8 Å². The maximum absolute atomic E-state index is 6.02. The van der Waals surface area contributed by atoms with E-state index in [9.17, 15) is 0 Å². The quantitative estimate of drug-likeness (QED) is 0.802. The smallest absolute Gasteiger partial charge is 0.0980 e. The third kappa shape index (κ3) is 2.12. The van der Waals surface area contributed by atoms with Crippen LogP contribution in [0.15, 0.2) is 24.3 Å². The van der Waals surface area contributed by atoms with Crippen LogP contribution in [0.2, 0.25) is 0 Å².